The summed E-state index contributed by atoms with van der Waals surface area (Å²) in [5.41, 5.74) is 5.47. The standard InChI is InChI=1S/C16H29N3O3.Na/c1-12-5-4-6-16(2,3)13(12)11-22-15(21)19-9-7-18(8-10-19)14(17)20;/h12-13H,4-11H2,1-3H3,(H2,17,20);/t12-,13+;/m0./s1. The first-order valence-corrected chi connectivity index (χ1v) is 8.27. The van der Waals surface area contributed by atoms with Crippen molar-refractivity contribution < 1.29 is 14.3 Å². The molecule has 1 saturated carbocycles. The summed E-state index contributed by atoms with van der Waals surface area (Å²) in [6.45, 7) is 9.23. The summed E-state index contributed by atoms with van der Waals surface area (Å²) in [5, 5.41) is 0. The maximum atomic E-state index is 12.2. The van der Waals surface area contributed by atoms with Gasteiger partial charge in [0.1, 0.15) is 0 Å². The van der Waals surface area contributed by atoms with Gasteiger partial charge >= 0.3 is 12.1 Å². The van der Waals surface area contributed by atoms with Gasteiger partial charge in [-0.3, -0.25) is 0 Å². The Labute approximate surface area is 161 Å². The second-order valence-electron chi connectivity index (χ2n) is 7.35. The molecule has 2 aliphatic rings. The molecule has 1 saturated heterocycles. The molecule has 1 heterocycles. The predicted molar refractivity (Wildman–Crippen MR) is 90.1 cm³/mol. The summed E-state index contributed by atoms with van der Waals surface area (Å²) in [4.78, 5) is 26.5. The molecule has 2 fully saturated rings. The second-order valence-corrected chi connectivity index (χ2v) is 7.35. The monoisotopic (exact) mass is 334 g/mol. The minimum atomic E-state index is -0.425. The van der Waals surface area contributed by atoms with Crippen LogP contribution >= 0.6 is 0 Å². The Kier molecular flexibility index (Phi) is 7.68. The number of primary amides is 1. The number of urea groups is 1. The van der Waals surface area contributed by atoms with Crippen molar-refractivity contribution in [2.75, 3.05) is 32.8 Å². The average Bonchev–Trinajstić information content (AvgIpc) is 2.46. The zero-order valence-electron chi connectivity index (χ0n) is 15.0. The van der Waals surface area contributed by atoms with Gasteiger partial charge in [-0.05, 0) is 17.8 Å². The SMILES string of the molecule is C[C@H]1CCCC(C)(C)[C@@H]1COC(=O)N1CCN(C(N)=O)CC1.[Na]. The van der Waals surface area contributed by atoms with Gasteiger partial charge in [0, 0.05) is 61.7 Å². The van der Waals surface area contributed by atoms with Gasteiger partial charge in [-0.1, -0.05) is 33.6 Å². The van der Waals surface area contributed by atoms with Gasteiger partial charge < -0.3 is 20.3 Å². The quantitative estimate of drug-likeness (QED) is 0.784. The number of amides is 3. The summed E-state index contributed by atoms with van der Waals surface area (Å²) in [7, 11) is 0. The van der Waals surface area contributed by atoms with Gasteiger partial charge in [0.25, 0.3) is 0 Å². The molecule has 7 heteroatoms. The van der Waals surface area contributed by atoms with E-state index in [0.29, 0.717) is 44.6 Å². The number of carbonyl (C=O) groups excluding carboxylic acids is 2. The molecule has 6 nitrogen and oxygen atoms in total. The van der Waals surface area contributed by atoms with Crippen molar-refractivity contribution in [1.29, 1.82) is 0 Å². The maximum Gasteiger partial charge on any atom is 0.409 e. The van der Waals surface area contributed by atoms with Crippen LogP contribution < -0.4 is 5.73 Å². The van der Waals surface area contributed by atoms with Crippen LogP contribution in [0.25, 0.3) is 0 Å². The van der Waals surface area contributed by atoms with E-state index >= 15 is 0 Å². The van der Waals surface area contributed by atoms with Crippen LogP contribution in [0.4, 0.5) is 9.59 Å². The van der Waals surface area contributed by atoms with Crippen molar-refractivity contribution in [3.05, 3.63) is 0 Å². The largest absolute Gasteiger partial charge is 0.449 e. The van der Waals surface area contributed by atoms with E-state index in [1.165, 1.54) is 19.3 Å². The number of nitrogens with two attached hydrogens (primary N) is 1. The van der Waals surface area contributed by atoms with Crippen LogP contribution in [0.1, 0.15) is 40.0 Å². The summed E-state index contributed by atoms with van der Waals surface area (Å²) in [6.07, 6.45) is 3.39. The third kappa shape index (κ3) is 5.26. The molecule has 0 spiro atoms. The zero-order valence-corrected chi connectivity index (χ0v) is 17.0. The molecule has 2 N–H and O–H groups in total. The molecule has 2 atom stereocenters. The maximum absolute atomic E-state index is 12.2. The summed E-state index contributed by atoms with van der Waals surface area (Å²) < 4.78 is 5.58. The molecule has 0 bridgehead atoms. The average molecular weight is 334 g/mol. The molecule has 0 unspecified atom stereocenters. The topological polar surface area (TPSA) is 75.9 Å². The van der Waals surface area contributed by atoms with Crippen molar-refractivity contribution in [1.82, 2.24) is 9.80 Å². The summed E-state index contributed by atoms with van der Waals surface area (Å²) >= 11 is 0. The molecule has 127 valence electrons. The zero-order chi connectivity index (χ0) is 16.3. The summed E-state index contributed by atoms with van der Waals surface area (Å²) in [6, 6.07) is -0.425. The Bertz CT molecular complexity index is 423. The first-order chi connectivity index (χ1) is 10.3. The third-order valence-corrected chi connectivity index (χ3v) is 5.41. The van der Waals surface area contributed by atoms with Crippen LogP contribution in [-0.2, 0) is 4.74 Å². The van der Waals surface area contributed by atoms with Crippen LogP contribution in [0, 0.1) is 17.3 Å². The summed E-state index contributed by atoms with van der Waals surface area (Å²) in [5.74, 6) is 1.00. The van der Waals surface area contributed by atoms with Gasteiger partial charge in [-0.15, -0.1) is 0 Å². The third-order valence-electron chi connectivity index (χ3n) is 5.41. The molecular weight excluding hydrogens is 305 g/mol. The number of hydrogen-bond donors (Lipinski definition) is 1. The van der Waals surface area contributed by atoms with Crippen LogP contribution in [0.15, 0.2) is 0 Å². The number of ether oxygens (including phenoxy) is 1. The molecule has 0 aromatic rings. The number of piperazine rings is 1. The fourth-order valence-electron chi connectivity index (χ4n) is 3.79. The van der Waals surface area contributed by atoms with Crippen LogP contribution in [-0.4, -0.2) is 84.3 Å². The first-order valence-electron chi connectivity index (χ1n) is 8.27. The number of hydrogen-bond acceptors (Lipinski definition) is 3. The minimum absolute atomic E-state index is 0. The fraction of sp³-hybridized carbons (Fsp3) is 0.875. The molecule has 2 rings (SSSR count). The molecule has 1 aliphatic carbocycles. The number of rotatable bonds is 2. The number of carbonyl (C=O) groups is 2. The predicted octanol–water partition coefficient (Wildman–Crippen LogP) is 1.90. The minimum Gasteiger partial charge on any atom is -0.449 e. The van der Waals surface area contributed by atoms with Crippen LogP contribution in [0.5, 0.6) is 0 Å². The second kappa shape index (κ2) is 8.58. The van der Waals surface area contributed by atoms with E-state index in [4.69, 9.17) is 10.5 Å². The van der Waals surface area contributed by atoms with E-state index in [9.17, 15) is 9.59 Å². The van der Waals surface area contributed by atoms with E-state index in [1.807, 2.05) is 0 Å². The Hall–Kier alpha value is -0.460. The Morgan fingerprint density at radius 1 is 1.17 bits per heavy atom. The van der Waals surface area contributed by atoms with Crippen molar-refractivity contribution in [3.63, 3.8) is 0 Å². The molecule has 1 aliphatic heterocycles. The smallest absolute Gasteiger partial charge is 0.409 e. The molecular formula is C16H29N3NaO3. The Morgan fingerprint density at radius 3 is 2.26 bits per heavy atom. The molecule has 1 radical (unpaired) electrons. The van der Waals surface area contributed by atoms with E-state index in [2.05, 4.69) is 20.8 Å². The Balaban J connectivity index is 0.00000264. The fourth-order valence-corrected chi connectivity index (χ4v) is 3.79. The van der Waals surface area contributed by atoms with Gasteiger partial charge in [0.2, 0.25) is 0 Å². The molecule has 3 amide bonds. The van der Waals surface area contributed by atoms with Gasteiger partial charge in [-0.2, -0.15) is 0 Å². The van der Waals surface area contributed by atoms with E-state index in [0.717, 1.165) is 0 Å². The number of nitrogens with zero attached hydrogens (tertiary/aromatic N) is 2. The van der Waals surface area contributed by atoms with Crippen molar-refractivity contribution in [3.8, 4) is 0 Å². The van der Waals surface area contributed by atoms with E-state index in [-0.39, 0.29) is 41.1 Å². The van der Waals surface area contributed by atoms with Crippen LogP contribution in [0.2, 0.25) is 0 Å². The van der Waals surface area contributed by atoms with Crippen molar-refractivity contribution >= 4 is 41.7 Å². The Morgan fingerprint density at radius 2 is 1.74 bits per heavy atom. The molecule has 23 heavy (non-hydrogen) atoms. The van der Waals surface area contributed by atoms with E-state index < -0.39 is 6.03 Å². The first kappa shape index (κ1) is 20.6. The van der Waals surface area contributed by atoms with Gasteiger partial charge in [0.05, 0.1) is 6.61 Å². The van der Waals surface area contributed by atoms with Crippen molar-refractivity contribution in [2.24, 2.45) is 23.0 Å². The molecule has 0 aromatic heterocycles. The van der Waals surface area contributed by atoms with Crippen LogP contribution in [0.3, 0.4) is 0 Å². The van der Waals surface area contributed by atoms with Gasteiger partial charge in [-0.25, -0.2) is 9.59 Å². The van der Waals surface area contributed by atoms with Crippen molar-refractivity contribution in [2.45, 2.75) is 40.0 Å². The molecule has 0 aromatic carbocycles. The van der Waals surface area contributed by atoms with Gasteiger partial charge in [0.15, 0.2) is 0 Å². The normalized spacial score (nSPS) is 27.1. The van der Waals surface area contributed by atoms with E-state index in [1.54, 1.807) is 9.80 Å².